The van der Waals surface area contributed by atoms with Crippen LogP contribution in [0.2, 0.25) is 0 Å². The molecule has 2 aromatic carbocycles. The summed E-state index contributed by atoms with van der Waals surface area (Å²) >= 11 is 1.75. The Morgan fingerprint density at radius 3 is 2.91 bits per heavy atom. The Labute approximate surface area is 191 Å². The predicted molar refractivity (Wildman–Crippen MR) is 126 cm³/mol. The molecule has 1 saturated heterocycles. The molecule has 2 N–H and O–H groups in total. The summed E-state index contributed by atoms with van der Waals surface area (Å²) in [6.45, 7) is 2.55. The number of anilines is 1. The number of thioether (sulfide) groups is 1. The van der Waals surface area contributed by atoms with Crippen molar-refractivity contribution in [2.75, 3.05) is 24.2 Å². The summed E-state index contributed by atoms with van der Waals surface area (Å²) in [6.07, 6.45) is 3.07. The number of benzene rings is 2. The van der Waals surface area contributed by atoms with Crippen molar-refractivity contribution in [1.82, 2.24) is 14.9 Å². The van der Waals surface area contributed by atoms with Crippen LogP contribution in [-0.2, 0) is 9.59 Å². The standard InChI is InChI=1S/C24H26N4O3S/c1-17(29)26-19-9-5-10-20(15-19)31-13-6-12-28-22(30)11-14-32-24(28)21-16-25-23(27-21)18-7-3-2-4-8-18/h2-5,7-10,15-16,24H,6,11-14H2,1H3,(H,25,27)(H,26,29). The molecular weight excluding hydrogens is 424 g/mol. The van der Waals surface area contributed by atoms with Crippen LogP contribution in [0, 0.1) is 0 Å². The number of carbonyl (C=O) groups is 2. The highest BCUT2D eigenvalue weighted by Crippen LogP contribution is 2.37. The molecule has 2 amide bonds. The second-order valence-corrected chi connectivity index (χ2v) is 8.71. The normalized spacial score (nSPS) is 16.1. The molecule has 166 valence electrons. The zero-order valence-corrected chi connectivity index (χ0v) is 18.7. The molecule has 3 aromatic rings. The number of aromatic nitrogens is 2. The number of carbonyl (C=O) groups excluding carboxylic acids is 2. The molecule has 0 bridgehead atoms. The molecule has 1 aliphatic rings. The van der Waals surface area contributed by atoms with Crippen LogP contribution in [0.4, 0.5) is 5.69 Å². The summed E-state index contributed by atoms with van der Waals surface area (Å²) in [6, 6.07) is 17.3. The first kappa shape index (κ1) is 22.0. The van der Waals surface area contributed by atoms with Crippen LogP contribution in [0.3, 0.4) is 0 Å². The molecule has 0 saturated carbocycles. The van der Waals surface area contributed by atoms with Crippen molar-refractivity contribution in [3.05, 3.63) is 66.5 Å². The number of aromatic amines is 1. The number of ether oxygens (including phenoxy) is 1. The van der Waals surface area contributed by atoms with E-state index in [1.807, 2.05) is 59.6 Å². The minimum absolute atomic E-state index is 0.0793. The number of H-pyrrole nitrogens is 1. The molecule has 0 spiro atoms. The molecule has 1 unspecified atom stereocenters. The fourth-order valence-electron chi connectivity index (χ4n) is 3.62. The highest BCUT2D eigenvalue weighted by Gasteiger charge is 2.30. The second-order valence-electron chi connectivity index (χ2n) is 7.52. The molecule has 1 aliphatic heterocycles. The van der Waals surface area contributed by atoms with Gasteiger partial charge in [0.25, 0.3) is 0 Å². The van der Waals surface area contributed by atoms with E-state index >= 15 is 0 Å². The monoisotopic (exact) mass is 450 g/mol. The van der Waals surface area contributed by atoms with Gasteiger partial charge in [0.15, 0.2) is 0 Å². The van der Waals surface area contributed by atoms with Crippen molar-refractivity contribution in [2.45, 2.75) is 25.1 Å². The van der Waals surface area contributed by atoms with E-state index in [0.717, 1.165) is 22.8 Å². The number of imidazole rings is 1. The average Bonchev–Trinajstić information content (AvgIpc) is 3.28. The third-order valence-electron chi connectivity index (χ3n) is 5.07. The fourth-order valence-corrected chi connectivity index (χ4v) is 4.84. The van der Waals surface area contributed by atoms with Crippen LogP contribution < -0.4 is 10.1 Å². The van der Waals surface area contributed by atoms with Gasteiger partial charge in [0.1, 0.15) is 16.9 Å². The Balaban J connectivity index is 1.36. The van der Waals surface area contributed by atoms with Gasteiger partial charge in [-0.05, 0) is 18.6 Å². The van der Waals surface area contributed by atoms with Crippen molar-refractivity contribution in [3.8, 4) is 17.1 Å². The molecule has 0 radical (unpaired) electrons. The Morgan fingerprint density at radius 2 is 2.09 bits per heavy atom. The van der Waals surface area contributed by atoms with Crippen molar-refractivity contribution >= 4 is 29.3 Å². The maximum absolute atomic E-state index is 12.7. The number of hydrogen-bond acceptors (Lipinski definition) is 5. The number of nitrogens with one attached hydrogen (secondary N) is 2. The smallest absolute Gasteiger partial charge is 0.224 e. The van der Waals surface area contributed by atoms with Crippen LogP contribution in [0.1, 0.15) is 30.8 Å². The summed E-state index contributed by atoms with van der Waals surface area (Å²) in [5.74, 6) is 2.32. The second kappa shape index (κ2) is 10.4. The highest BCUT2D eigenvalue weighted by atomic mass is 32.2. The lowest BCUT2D eigenvalue weighted by molar-refractivity contribution is -0.132. The first-order chi connectivity index (χ1) is 15.6. The number of nitrogens with zero attached hydrogens (tertiary/aromatic N) is 2. The maximum Gasteiger partial charge on any atom is 0.224 e. The average molecular weight is 451 g/mol. The summed E-state index contributed by atoms with van der Waals surface area (Å²) in [5, 5.41) is 2.67. The molecule has 1 aromatic heterocycles. The van der Waals surface area contributed by atoms with E-state index in [4.69, 9.17) is 4.74 Å². The van der Waals surface area contributed by atoms with Gasteiger partial charge in [0.2, 0.25) is 11.8 Å². The minimum atomic E-state index is -0.122. The molecule has 32 heavy (non-hydrogen) atoms. The van der Waals surface area contributed by atoms with Gasteiger partial charge < -0.3 is 19.9 Å². The molecular formula is C24H26N4O3S. The van der Waals surface area contributed by atoms with Crippen molar-refractivity contribution in [3.63, 3.8) is 0 Å². The molecule has 1 fully saturated rings. The Bertz CT molecular complexity index is 1070. The molecule has 8 heteroatoms. The fraction of sp³-hybridized carbons (Fsp3) is 0.292. The van der Waals surface area contributed by atoms with Gasteiger partial charge in [0.05, 0.1) is 18.5 Å². The lowest BCUT2D eigenvalue weighted by Crippen LogP contribution is -2.38. The first-order valence-corrected chi connectivity index (χ1v) is 11.7. The quantitative estimate of drug-likeness (QED) is 0.495. The van der Waals surface area contributed by atoms with E-state index in [0.29, 0.717) is 37.4 Å². The molecule has 7 nitrogen and oxygen atoms in total. The van der Waals surface area contributed by atoms with E-state index in [1.165, 1.54) is 6.92 Å². The maximum atomic E-state index is 12.7. The number of rotatable bonds is 8. The van der Waals surface area contributed by atoms with E-state index in [1.54, 1.807) is 17.8 Å². The van der Waals surface area contributed by atoms with Crippen LogP contribution in [0.25, 0.3) is 11.4 Å². The molecule has 1 atom stereocenters. The van der Waals surface area contributed by atoms with Crippen LogP contribution in [-0.4, -0.2) is 45.6 Å². The topological polar surface area (TPSA) is 87.3 Å². The molecule has 2 heterocycles. The number of hydrogen-bond donors (Lipinski definition) is 2. The summed E-state index contributed by atoms with van der Waals surface area (Å²) in [5.41, 5.74) is 2.66. The Hall–Kier alpha value is -3.26. The third-order valence-corrected chi connectivity index (χ3v) is 6.33. The predicted octanol–water partition coefficient (Wildman–Crippen LogP) is 4.47. The van der Waals surface area contributed by atoms with Crippen molar-refractivity contribution < 1.29 is 14.3 Å². The molecule has 4 rings (SSSR count). The van der Waals surface area contributed by atoms with Crippen LogP contribution >= 0.6 is 11.8 Å². The minimum Gasteiger partial charge on any atom is -0.493 e. The van der Waals surface area contributed by atoms with Gasteiger partial charge in [-0.3, -0.25) is 9.59 Å². The van der Waals surface area contributed by atoms with E-state index in [9.17, 15) is 9.59 Å². The van der Waals surface area contributed by atoms with E-state index in [-0.39, 0.29) is 17.2 Å². The largest absolute Gasteiger partial charge is 0.493 e. The summed E-state index contributed by atoms with van der Waals surface area (Å²) < 4.78 is 5.84. The lowest BCUT2D eigenvalue weighted by atomic mass is 10.2. The van der Waals surface area contributed by atoms with Crippen molar-refractivity contribution in [1.29, 1.82) is 0 Å². The van der Waals surface area contributed by atoms with Crippen LogP contribution in [0.5, 0.6) is 5.75 Å². The van der Waals surface area contributed by atoms with Crippen molar-refractivity contribution in [2.24, 2.45) is 0 Å². The Morgan fingerprint density at radius 1 is 1.25 bits per heavy atom. The van der Waals surface area contributed by atoms with Gasteiger partial charge in [-0.1, -0.05) is 36.4 Å². The van der Waals surface area contributed by atoms with Gasteiger partial charge >= 0.3 is 0 Å². The number of amides is 2. The molecule has 0 aliphatic carbocycles. The third kappa shape index (κ3) is 5.50. The highest BCUT2D eigenvalue weighted by molar-refractivity contribution is 7.99. The SMILES string of the molecule is CC(=O)Nc1cccc(OCCCN2C(=O)CCSC2c2cnc(-c3ccccc3)[nH]2)c1. The van der Waals surface area contributed by atoms with E-state index in [2.05, 4.69) is 15.3 Å². The zero-order valence-electron chi connectivity index (χ0n) is 17.9. The Kier molecular flexibility index (Phi) is 7.11. The van der Waals surface area contributed by atoms with Gasteiger partial charge in [-0.15, -0.1) is 11.8 Å². The van der Waals surface area contributed by atoms with Crippen LogP contribution in [0.15, 0.2) is 60.8 Å². The zero-order chi connectivity index (χ0) is 22.3. The van der Waals surface area contributed by atoms with E-state index < -0.39 is 0 Å². The first-order valence-electron chi connectivity index (χ1n) is 10.6. The summed E-state index contributed by atoms with van der Waals surface area (Å²) in [4.78, 5) is 33.7. The van der Waals surface area contributed by atoms with Gasteiger partial charge in [0, 0.05) is 43.0 Å². The lowest BCUT2D eigenvalue weighted by Gasteiger charge is -2.34. The van der Waals surface area contributed by atoms with Gasteiger partial charge in [-0.25, -0.2) is 4.98 Å². The van der Waals surface area contributed by atoms with Gasteiger partial charge in [-0.2, -0.15) is 0 Å². The summed E-state index contributed by atoms with van der Waals surface area (Å²) in [7, 11) is 0.